The number of likely N-dealkylation sites (tertiary alicyclic amines) is 1. The SMILES string of the molecule is COc1cc(/C(O)=C2/C(=O)C(=O)N(CC3CCCO3)C2c2ccc(C)o2)ccc1Cl. The number of aryl methyl sites for hydroxylation is 1. The third-order valence-corrected chi connectivity index (χ3v) is 5.73. The molecule has 2 aromatic rings. The monoisotopic (exact) mass is 431 g/mol. The summed E-state index contributed by atoms with van der Waals surface area (Å²) in [5.41, 5.74) is 0.288. The minimum atomic E-state index is -0.843. The quantitative estimate of drug-likeness (QED) is 0.439. The number of furan rings is 1. The zero-order chi connectivity index (χ0) is 21.4. The predicted octanol–water partition coefficient (Wildman–Crippen LogP) is 3.85. The van der Waals surface area contributed by atoms with E-state index >= 15 is 0 Å². The third-order valence-electron chi connectivity index (χ3n) is 5.42. The highest BCUT2D eigenvalue weighted by atomic mass is 35.5. The first-order valence-corrected chi connectivity index (χ1v) is 10.1. The number of Topliss-reactive ketones (excluding diaryl/α,β-unsaturated/α-hetero) is 1. The van der Waals surface area contributed by atoms with E-state index in [1.54, 1.807) is 31.2 Å². The number of ketones is 1. The van der Waals surface area contributed by atoms with Gasteiger partial charge in [-0.05, 0) is 50.1 Å². The zero-order valence-corrected chi connectivity index (χ0v) is 17.4. The van der Waals surface area contributed by atoms with Crippen molar-refractivity contribution in [3.05, 3.63) is 58.0 Å². The number of hydrogen-bond acceptors (Lipinski definition) is 6. The molecule has 0 saturated carbocycles. The van der Waals surface area contributed by atoms with Gasteiger partial charge in [-0.1, -0.05) is 11.6 Å². The van der Waals surface area contributed by atoms with Gasteiger partial charge in [-0.25, -0.2) is 0 Å². The molecule has 0 bridgehead atoms. The van der Waals surface area contributed by atoms with Gasteiger partial charge in [-0.3, -0.25) is 9.59 Å². The van der Waals surface area contributed by atoms with E-state index < -0.39 is 17.7 Å². The fourth-order valence-corrected chi connectivity index (χ4v) is 4.13. The van der Waals surface area contributed by atoms with Gasteiger partial charge in [0.1, 0.15) is 29.1 Å². The maximum absolute atomic E-state index is 13.0. The van der Waals surface area contributed by atoms with E-state index in [4.69, 9.17) is 25.5 Å². The molecule has 7 nitrogen and oxygen atoms in total. The van der Waals surface area contributed by atoms with E-state index in [9.17, 15) is 14.7 Å². The lowest BCUT2D eigenvalue weighted by molar-refractivity contribution is -0.141. The molecule has 1 N–H and O–H groups in total. The van der Waals surface area contributed by atoms with Crippen molar-refractivity contribution < 1.29 is 28.6 Å². The number of rotatable bonds is 5. The number of halogens is 1. The van der Waals surface area contributed by atoms with E-state index in [2.05, 4.69) is 0 Å². The average Bonchev–Trinajstić information content (AvgIpc) is 3.45. The molecule has 2 saturated heterocycles. The minimum Gasteiger partial charge on any atom is -0.507 e. The Kier molecular flexibility index (Phi) is 5.58. The molecule has 2 unspecified atom stereocenters. The van der Waals surface area contributed by atoms with E-state index in [1.165, 1.54) is 18.1 Å². The standard InChI is InChI=1S/C22H22ClNO6/c1-12-5-8-16(30-12)19-18(20(25)13-6-7-15(23)17(10-13)28-2)21(26)22(27)24(19)11-14-4-3-9-29-14/h5-8,10,14,19,25H,3-4,9,11H2,1-2H3/b20-18-. The summed E-state index contributed by atoms with van der Waals surface area (Å²) < 4.78 is 16.6. The molecule has 1 aromatic carbocycles. The fraction of sp³-hybridized carbons (Fsp3) is 0.364. The van der Waals surface area contributed by atoms with Crippen molar-refractivity contribution in [2.45, 2.75) is 31.9 Å². The highest BCUT2D eigenvalue weighted by molar-refractivity contribution is 6.46. The summed E-state index contributed by atoms with van der Waals surface area (Å²) in [6.45, 7) is 2.65. The Morgan fingerprint density at radius 2 is 2.10 bits per heavy atom. The molecule has 4 rings (SSSR count). The molecule has 2 fully saturated rings. The number of carbonyl (C=O) groups is 2. The number of benzene rings is 1. The number of nitrogens with zero attached hydrogens (tertiary/aromatic N) is 1. The van der Waals surface area contributed by atoms with Gasteiger partial charge in [0.05, 0.1) is 23.8 Å². The Bertz CT molecular complexity index is 1020. The van der Waals surface area contributed by atoms with Gasteiger partial charge in [-0.2, -0.15) is 0 Å². The second-order valence-electron chi connectivity index (χ2n) is 7.38. The van der Waals surface area contributed by atoms with Crippen LogP contribution in [0.25, 0.3) is 5.76 Å². The lowest BCUT2D eigenvalue weighted by Crippen LogP contribution is -2.36. The number of amides is 1. The second-order valence-corrected chi connectivity index (χ2v) is 7.79. The molecule has 0 spiro atoms. The number of aliphatic hydroxyl groups excluding tert-OH is 1. The summed E-state index contributed by atoms with van der Waals surface area (Å²) >= 11 is 6.08. The van der Waals surface area contributed by atoms with Crippen LogP contribution in [-0.2, 0) is 14.3 Å². The molecule has 2 aliphatic heterocycles. The molecule has 30 heavy (non-hydrogen) atoms. The van der Waals surface area contributed by atoms with Crippen LogP contribution >= 0.6 is 11.6 Å². The van der Waals surface area contributed by atoms with Gasteiger partial charge in [0, 0.05) is 18.7 Å². The molecule has 2 aliphatic rings. The van der Waals surface area contributed by atoms with Crippen molar-refractivity contribution in [2.75, 3.05) is 20.3 Å². The van der Waals surface area contributed by atoms with Crippen LogP contribution in [0.2, 0.25) is 5.02 Å². The topological polar surface area (TPSA) is 89.2 Å². The summed E-state index contributed by atoms with van der Waals surface area (Å²) in [5, 5.41) is 11.4. The first-order valence-electron chi connectivity index (χ1n) is 9.71. The van der Waals surface area contributed by atoms with Crippen molar-refractivity contribution >= 4 is 29.1 Å². The van der Waals surface area contributed by atoms with Crippen molar-refractivity contribution in [2.24, 2.45) is 0 Å². The summed E-state index contributed by atoms with van der Waals surface area (Å²) in [6.07, 6.45) is 1.56. The lowest BCUT2D eigenvalue weighted by atomic mass is 9.99. The van der Waals surface area contributed by atoms with Crippen LogP contribution in [0, 0.1) is 6.92 Å². The maximum Gasteiger partial charge on any atom is 0.295 e. The largest absolute Gasteiger partial charge is 0.507 e. The van der Waals surface area contributed by atoms with Gasteiger partial charge in [0.15, 0.2) is 0 Å². The summed E-state index contributed by atoms with van der Waals surface area (Å²) in [7, 11) is 1.46. The number of aliphatic hydroxyl groups is 1. The van der Waals surface area contributed by atoms with Crippen LogP contribution in [0.15, 0.2) is 40.3 Å². The number of methoxy groups -OCH3 is 1. The Morgan fingerprint density at radius 1 is 1.30 bits per heavy atom. The summed E-state index contributed by atoms with van der Waals surface area (Å²) in [5.74, 6) is -0.365. The highest BCUT2D eigenvalue weighted by Gasteiger charge is 2.48. The summed E-state index contributed by atoms with van der Waals surface area (Å²) in [4.78, 5) is 27.3. The molecule has 1 amide bonds. The van der Waals surface area contributed by atoms with Crippen LogP contribution in [0.1, 0.15) is 36.0 Å². The van der Waals surface area contributed by atoms with Gasteiger partial charge < -0.3 is 23.9 Å². The lowest BCUT2D eigenvalue weighted by Gasteiger charge is -2.25. The third kappa shape index (κ3) is 3.59. The van der Waals surface area contributed by atoms with Crippen molar-refractivity contribution in [1.29, 1.82) is 0 Å². The Labute approximate surface area is 178 Å². The second kappa shape index (κ2) is 8.16. The number of ether oxygens (including phenoxy) is 2. The number of carbonyl (C=O) groups excluding carboxylic acids is 2. The maximum atomic E-state index is 13.0. The molecule has 1 aromatic heterocycles. The van der Waals surface area contributed by atoms with Crippen molar-refractivity contribution in [1.82, 2.24) is 4.90 Å². The fourth-order valence-electron chi connectivity index (χ4n) is 3.93. The first kappa shape index (κ1) is 20.5. The smallest absolute Gasteiger partial charge is 0.295 e. The van der Waals surface area contributed by atoms with E-state index in [0.29, 0.717) is 34.5 Å². The van der Waals surface area contributed by atoms with E-state index in [-0.39, 0.29) is 24.0 Å². The molecule has 0 aliphatic carbocycles. The van der Waals surface area contributed by atoms with Gasteiger partial charge >= 0.3 is 0 Å². The predicted molar refractivity (Wildman–Crippen MR) is 109 cm³/mol. The Hall–Kier alpha value is -2.77. The van der Waals surface area contributed by atoms with Crippen LogP contribution in [0.3, 0.4) is 0 Å². The molecular weight excluding hydrogens is 410 g/mol. The molecule has 3 heterocycles. The molecule has 8 heteroatoms. The normalized spacial score (nSPS) is 23.4. The molecule has 158 valence electrons. The van der Waals surface area contributed by atoms with Crippen LogP contribution in [0.5, 0.6) is 5.75 Å². The highest BCUT2D eigenvalue weighted by Crippen LogP contribution is 2.41. The van der Waals surface area contributed by atoms with Gasteiger partial charge in [0.2, 0.25) is 0 Å². The van der Waals surface area contributed by atoms with Crippen molar-refractivity contribution in [3.63, 3.8) is 0 Å². The summed E-state index contributed by atoms with van der Waals surface area (Å²) in [6, 6.07) is 7.28. The van der Waals surface area contributed by atoms with Gasteiger partial charge in [0.25, 0.3) is 11.7 Å². The van der Waals surface area contributed by atoms with E-state index in [1.807, 2.05) is 0 Å². The van der Waals surface area contributed by atoms with Crippen LogP contribution < -0.4 is 4.74 Å². The van der Waals surface area contributed by atoms with Crippen LogP contribution in [-0.4, -0.2) is 48.1 Å². The van der Waals surface area contributed by atoms with Crippen LogP contribution in [0.4, 0.5) is 0 Å². The van der Waals surface area contributed by atoms with Gasteiger partial charge in [-0.15, -0.1) is 0 Å². The molecule has 2 atom stereocenters. The molecule has 0 radical (unpaired) electrons. The Morgan fingerprint density at radius 3 is 2.73 bits per heavy atom. The van der Waals surface area contributed by atoms with E-state index in [0.717, 1.165) is 12.8 Å². The first-order chi connectivity index (χ1) is 14.4. The molecular formula is C22H22ClNO6. The average molecular weight is 432 g/mol. The number of hydrogen-bond donors (Lipinski definition) is 1. The zero-order valence-electron chi connectivity index (χ0n) is 16.7. The Balaban J connectivity index is 1.82. The van der Waals surface area contributed by atoms with Crippen molar-refractivity contribution in [3.8, 4) is 5.75 Å². The minimum absolute atomic E-state index is 0.0308.